The van der Waals surface area contributed by atoms with Crippen LogP contribution in [0.25, 0.3) is 0 Å². The average Bonchev–Trinajstić information content (AvgIpc) is 3.40. The molecule has 164 valence electrons. The molecule has 1 fully saturated rings. The Hall–Kier alpha value is -3.88. The molecule has 5 rings (SSSR count). The van der Waals surface area contributed by atoms with Gasteiger partial charge in [0.1, 0.15) is 11.5 Å². The van der Waals surface area contributed by atoms with Crippen LogP contribution in [-0.4, -0.2) is 40.8 Å². The Bertz CT molecular complexity index is 1140. The van der Waals surface area contributed by atoms with Gasteiger partial charge in [0.25, 0.3) is 5.95 Å². The molecule has 2 aromatic carbocycles. The van der Waals surface area contributed by atoms with Gasteiger partial charge >= 0.3 is 0 Å². The number of amides is 2. The number of rotatable bonds is 5. The molecule has 1 N–H and O–H groups in total. The first-order chi connectivity index (χ1) is 15.6. The summed E-state index contributed by atoms with van der Waals surface area (Å²) in [5.41, 5.74) is 2.11. The second-order valence-electron chi connectivity index (χ2n) is 7.80. The van der Waals surface area contributed by atoms with E-state index in [2.05, 4.69) is 15.4 Å². The van der Waals surface area contributed by atoms with Crippen LogP contribution >= 0.6 is 0 Å². The Morgan fingerprint density at radius 2 is 1.44 bits per heavy atom. The molecule has 9 nitrogen and oxygen atoms in total. The lowest BCUT2D eigenvalue weighted by molar-refractivity contribution is -0.121. The predicted octanol–water partition coefficient (Wildman–Crippen LogP) is 3.10. The first kappa shape index (κ1) is 20.0. The Labute approximate surface area is 185 Å². The van der Waals surface area contributed by atoms with Crippen molar-refractivity contribution < 1.29 is 19.1 Å². The Morgan fingerprint density at radius 1 is 0.875 bits per heavy atom. The van der Waals surface area contributed by atoms with E-state index in [0.29, 0.717) is 12.4 Å². The maximum Gasteiger partial charge on any atom is 0.260 e. The van der Waals surface area contributed by atoms with Crippen LogP contribution in [0.4, 0.5) is 11.9 Å². The minimum absolute atomic E-state index is 0.0393. The van der Waals surface area contributed by atoms with Gasteiger partial charge in [-0.05, 0) is 41.8 Å². The van der Waals surface area contributed by atoms with Gasteiger partial charge in [-0.3, -0.25) is 9.59 Å². The van der Waals surface area contributed by atoms with Gasteiger partial charge in [-0.15, -0.1) is 5.10 Å². The Morgan fingerprint density at radius 3 is 2.00 bits per heavy atom. The second-order valence-corrected chi connectivity index (χ2v) is 7.80. The topological polar surface area (TPSA) is 98.6 Å². The number of fused-ring (bicyclic) bond motifs is 1. The lowest BCUT2D eigenvalue weighted by Crippen LogP contribution is -2.30. The quantitative estimate of drug-likeness (QED) is 0.618. The monoisotopic (exact) mass is 433 g/mol. The molecule has 2 aliphatic rings. The zero-order valence-electron chi connectivity index (χ0n) is 17.8. The highest BCUT2D eigenvalue weighted by Crippen LogP contribution is 2.39. The summed E-state index contributed by atoms with van der Waals surface area (Å²) in [6.45, 7) is 0. The van der Waals surface area contributed by atoms with Crippen molar-refractivity contribution >= 4 is 23.7 Å². The SMILES string of the molecule is COc1ccc(C2CC(c3ccc(OC)cc3)n3nc(N4C(=O)CCC4=O)nc3N2)cc1. The lowest BCUT2D eigenvalue weighted by atomic mass is 9.93. The van der Waals surface area contributed by atoms with E-state index < -0.39 is 0 Å². The maximum atomic E-state index is 12.2. The highest BCUT2D eigenvalue weighted by atomic mass is 16.5. The first-order valence-corrected chi connectivity index (χ1v) is 10.4. The molecule has 0 spiro atoms. The summed E-state index contributed by atoms with van der Waals surface area (Å²) in [6, 6.07) is 15.5. The fourth-order valence-electron chi connectivity index (χ4n) is 4.22. The molecule has 0 aliphatic carbocycles. The Balaban J connectivity index is 1.55. The minimum atomic E-state index is -0.273. The van der Waals surface area contributed by atoms with E-state index in [9.17, 15) is 9.59 Å². The van der Waals surface area contributed by atoms with Crippen LogP contribution < -0.4 is 19.7 Å². The summed E-state index contributed by atoms with van der Waals surface area (Å²) < 4.78 is 12.3. The molecule has 2 aliphatic heterocycles. The molecule has 1 saturated heterocycles. The second kappa shape index (κ2) is 7.99. The number of imide groups is 1. The van der Waals surface area contributed by atoms with E-state index in [1.54, 1.807) is 18.9 Å². The van der Waals surface area contributed by atoms with Crippen LogP contribution in [0.15, 0.2) is 48.5 Å². The molecule has 0 radical (unpaired) electrons. The third kappa shape index (κ3) is 3.45. The van der Waals surface area contributed by atoms with E-state index in [4.69, 9.17) is 9.47 Å². The number of carbonyl (C=O) groups is 2. The number of nitrogens with one attached hydrogen (secondary N) is 1. The summed E-state index contributed by atoms with van der Waals surface area (Å²) >= 11 is 0. The Kier molecular flexibility index (Phi) is 5.01. The predicted molar refractivity (Wildman–Crippen MR) is 117 cm³/mol. The lowest BCUT2D eigenvalue weighted by Gasteiger charge is -2.31. The molecule has 2 atom stereocenters. The summed E-state index contributed by atoms with van der Waals surface area (Å²) in [4.78, 5) is 30.1. The molecule has 1 aromatic heterocycles. The van der Waals surface area contributed by atoms with Gasteiger partial charge in [-0.2, -0.15) is 4.98 Å². The van der Waals surface area contributed by atoms with Crippen molar-refractivity contribution in [2.75, 3.05) is 24.4 Å². The summed E-state index contributed by atoms with van der Waals surface area (Å²) in [5, 5.41) is 7.99. The highest BCUT2D eigenvalue weighted by Gasteiger charge is 2.37. The number of nitrogens with zero attached hydrogens (tertiary/aromatic N) is 4. The number of ether oxygens (including phenoxy) is 2. The molecule has 9 heteroatoms. The smallest absolute Gasteiger partial charge is 0.260 e. The summed E-state index contributed by atoms with van der Waals surface area (Å²) in [5.74, 6) is 1.64. The molecule has 2 amide bonds. The van der Waals surface area contributed by atoms with Crippen LogP contribution in [0.3, 0.4) is 0 Å². The normalized spacial score (nSPS) is 20.1. The first-order valence-electron chi connectivity index (χ1n) is 10.4. The fourth-order valence-corrected chi connectivity index (χ4v) is 4.22. The average molecular weight is 433 g/mol. The van der Waals surface area contributed by atoms with E-state index >= 15 is 0 Å². The number of anilines is 2. The van der Waals surface area contributed by atoms with Crippen molar-refractivity contribution in [2.45, 2.75) is 31.3 Å². The molecule has 2 unspecified atom stereocenters. The largest absolute Gasteiger partial charge is 0.497 e. The molecule has 32 heavy (non-hydrogen) atoms. The molecule has 0 bridgehead atoms. The fraction of sp³-hybridized carbons (Fsp3) is 0.304. The van der Waals surface area contributed by atoms with Crippen LogP contribution in [0.2, 0.25) is 0 Å². The number of hydrogen-bond donors (Lipinski definition) is 1. The molecule has 3 heterocycles. The molecular formula is C23H23N5O4. The number of carbonyl (C=O) groups excluding carboxylic acids is 2. The van der Waals surface area contributed by atoms with Gasteiger partial charge < -0.3 is 14.8 Å². The third-order valence-electron chi connectivity index (χ3n) is 5.95. The molecule has 0 saturated carbocycles. The van der Waals surface area contributed by atoms with Gasteiger partial charge in [-0.25, -0.2) is 9.58 Å². The minimum Gasteiger partial charge on any atom is -0.497 e. The number of methoxy groups -OCH3 is 2. The van der Waals surface area contributed by atoms with E-state index in [1.807, 2.05) is 48.5 Å². The van der Waals surface area contributed by atoms with Gasteiger partial charge in [0.2, 0.25) is 17.8 Å². The third-order valence-corrected chi connectivity index (χ3v) is 5.95. The number of aromatic nitrogens is 3. The van der Waals surface area contributed by atoms with Crippen LogP contribution in [0.1, 0.15) is 42.5 Å². The highest BCUT2D eigenvalue weighted by molar-refractivity contribution is 6.18. The molecular weight excluding hydrogens is 410 g/mol. The van der Waals surface area contributed by atoms with Crippen molar-refractivity contribution in [3.8, 4) is 11.5 Å². The van der Waals surface area contributed by atoms with Crippen molar-refractivity contribution in [3.05, 3.63) is 59.7 Å². The zero-order valence-corrected chi connectivity index (χ0v) is 17.8. The standard InChI is InChI=1S/C23H23N5O4/c1-31-16-7-3-14(4-8-16)18-13-19(15-5-9-17(32-2)10-6-15)28-22(24-18)25-23(26-28)27-20(29)11-12-21(27)30/h3-10,18-19H,11-13H2,1-2H3,(H,24,25,26). The van der Waals surface area contributed by atoms with Crippen molar-refractivity contribution in [3.63, 3.8) is 0 Å². The zero-order chi connectivity index (χ0) is 22.2. The van der Waals surface area contributed by atoms with Crippen molar-refractivity contribution in [2.24, 2.45) is 0 Å². The van der Waals surface area contributed by atoms with Gasteiger partial charge in [0, 0.05) is 12.8 Å². The van der Waals surface area contributed by atoms with Crippen LogP contribution in [-0.2, 0) is 9.59 Å². The van der Waals surface area contributed by atoms with Crippen LogP contribution in [0, 0.1) is 0 Å². The number of benzene rings is 2. The van der Waals surface area contributed by atoms with E-state index in [-0.39, 0.29) is 42.7 Å². The van der Waals surface area contributed by atoms with Gasteiger partial charge in [0.15, 0.2) is 0 Å². The van der Waals surface area contributed by atoms with Gasteiger partial charge in [-0.1, -0.05) is 24.3 Å². The summed E-state index contributed by atoms with van der Waals surface area (Å²) in [7, 11) is 3.27. The maximum absolute atomic E-state index is 12.2. The van der Waals surface area contributed by atoms with E-state index in [1.165, 1.54) is 0 Å². The summed E-state index contributed by atoms with van der Waals surface area (Å²) in [6.07, 6.45) is 1.08. The van der Waals surface area contributed by atoms with E-state index in [0.717, 1.165) is 27.5 Å². The van der Waals surface area contributed by atoms with Crippen LogP contribution in [0.5, 0.6) is 11.5 Å². The molecule has 3 aromatic rings. The van der Waals surface area contributed by atoms with Crippen molar-refractivity contribution in [1.82, 2.24) is 14.8 Å². The van der Waals surface area contributed by atoms with Gasteiger partial charge in [0.05, 0.1) is 26.3 Å². The van der Waals surface area contributed by atoms with Crippen molar-refractivity contribution in [1.29, 1.82) is 0 Å². The number of hydrogen-bond acceptors (Lipinski definition) is 7.